The van der Waals surface area contributed by atoms with Crippen molar-refractivity contribution in [1.82, 2.24) is 14.8 Å². The van der Waals surface area contributed by atoms with E-state index in [0.717, 1.165) is 53.0 Å². The molecule has 0 aliphatic carbocycles. The Hall–Kier alpha value is -3.69. The summed E-state index contributed by atoms with van der Waals surface area (Å²) in [6.07, 6.45) is 3.49. The summed E-state index contributed by atoms with van der Waals surface area (Å²) in [4.78, 5) is 17.8. The van der Waals surface area contributed by atoms with Crippen LogP contribution in [0.2, 0.25) is 10.0 Å². The second kappa shape index (κ2) is 11.1. The van der Waals surface area contributed by atoms with E-state index in [0.29, 0.717) is 34.5 Å². The molecule has 0 bridgehead atoms. The number of hydrogen-bond acceptors (Lipinski definition) is 4. The molecule has 7 nitrogen and oxygen atoms in total. The van der Waals surface area contributed by atoms with Crippen molar-refractivity contribution in [3.63, 3.8) is 0 Å². The number of pyridine rings is 1. The molecule has 1 atom stereocenters. The Morgan fingerprint density at radius 1 is 1.12 bits per heavy atom. The fourth-order valence-electron chi connectivity index (χ4n) is 5.33. The number of primary amides is 1. The topological polar surface area (TPSA) is 89.1 Å². The summed E-state index contributed by atoms with van der Waals surface area (Å²) in [7, 11) is 0. The van der Waals surface area contributed by atoms with Gasteiger partial charge in [-0.05, 0) is 43.0 Å². The number of para-hydroxylation sites is 1. The number of hydrogen-bond donors (Lipinski definition) is 2. The monoisotopic (exact) mass is 584 g/mol. The maximum Gasteiger partial charge on any atom is 0.316 e. The lowest BCUT2D eigenvalue weighted by Gasteiger charge is -2.34. The molecular formula is C29H28Cl2F2N6O. The van der Waals surface area contributed by atoms with E-state index in [2.05, 4.69) is 10.3 Å². The fraction of sp³-hybridized carbons (Fsp3) is 0.276. The largest absolute Gasteiger partial charge is 0.351 e. The lowest BCUT2D eigenvalue weighted by molar-refractivity contribution is 0.259. The Morgan fingerprint density at radius 3 is 2.45 bits per heavy atom. The molecule has 2 aromatic carbocycles. The van der Waals surface area contributed by atoms with Gasteiger partial charge in [0.25, 0.3) is 0 Å². The van der Waals surface area contributed by atoms with Gasteiger partial charge < -0.3 is 16.0 Å². The third-order valence-corrected chi connectivity index (χ3v) is 7.71. The van der Waals surface area contributed by atoms with Gasteiger partial charge in [-0.15, -0.1) is 0 Å². The minimum Gasteiger partial charge on any atom is -0.351 e. The highest BCUT2D eigenvalue weighted by molar-refractivity contribution is 6.36. The van der Waals surface area contributed by atoms with Crippen LogP contribution in [0.5, 0.6) is 0 Å². The standard InChI is InChI=1S/C29H28Cl2F2N6O/c1-4-16-7-6-8-17(5-2)26(16)39-27(19-11-23(33)25(12-22(19)32)36-29(34)40)20-14-38(15(3)9-24(20)37-39)28-21(31)10-18(30)13-35-28/h6-8,10-13,15H,4-5,9,14H2,1-3H3,(H3,34,36,40)/t15-/m0/s1. The van der Waals surface area contributed by atoms with Crippen molar-refractivity contribution in [1.29, 1.82) is 0 Å². The van der Waals surface area contributed by atoms with Crippen molar-refractivity contribution < 1.29 is 13.6 Å². The summed E-state index contributed by atoms with van der Waals surface area (Å²) >= 11 is 12.6. The lowest BCUT2D eigenvalue weighted by Crippen LogP contribution is -2.39. The number of aromatic nitrogens is 3. The van der Waals surface area contributed by atoms with Crippen molar-refractivity contribution in [3.8, 4) is 16.9 Å². The van der Waals surface area contributed by atoms with Crippen LogP contribution >= 0.6 is 23.2 Å². The number of amides is 2. The molecular weight excluding hydrogens is 557 g/mol. The second-order valence-electron chi connectivity index (χ2n) is 9.76. The van der Waals surface area contributed by atoms with E-state index in [9.17, 15) is 4.79 Å². The van der Waals surface area contributed by atoms with Crippen molar-refractivity contribution in [3.05, 3.63) is 86.7 Å². The zero-order chi connectivity index (χ0) is 28.7. The molecule has 11 heteroatoms. The summed E-state index contributed by atoms with van der Waals surface area (Å²) in [6, 6.07) is 8.64. The highest BCUT2D eigenvalue weighted by atomic mass is 35.5. The van der Waals surface area contributed by atoms with Crippen LogP contribution in [0.25, 0.3) is 16.9 Å². The summed E-state index contributed by atoms with van der Waals surface area (Å²) in [5.74, 6) is -1.01. The van der Waals surface area contributed by atoms with E-state index in [4.69, 9.17) is 34.0 Å². The summed E-state index contributed by atoms with van der Waals surface area (Å²) in [6.45, 7) is 6.43. The van der Waals surface area contributed by atoms with E-state index in [1.165, 1.54) is 6.20 Å². The molecule has 0 saturated heterocycles. The Kier molecular flexibility index (Phi) is 7.70. The number of nitrogens with zero attached hydrogens (tertiary/aromatic N) is 4. The Morgan fingerprint density at radius 2 is 1.82 bits per heavy atom. The van der Waals surface area contributed by atoms with E-state index < -0.39 is 17.7 Å². The smallest absolute Gasteiger partial charge is 0.316 e. The molecule has 0 radical (unpaired) electrons. The van der Waals surface area contributed by atoms with Crippen LogP contribution in [-0.2, 0) is 25.8 Å². The minimum atomic E-state index is -0.991. The Balaban J connectivity index is 1.77. The number of nitrogens with one attached hydrogen (secondary N) is 1. The highest BCUT2D eigenvalue weighted by Gasteiger charge is 2.33. The van der Waals surface area contributed by atoms with Gasteiger partial charge in [0.2, 0.25) is 0 Å². The number of nitrogens with two attached hydrogens (primary N) is 1. The van der Waals surface area contributed by atoms with E-state index in [1.807, 2.05) is 43.9 Å². The van der Waals surface area contributed by atoms with Crippen LogP contribution in [0, 0.1) is 11.6 Å². The number of rotatable bonds is 6. The first-order valence-electron chi connectivity index (χ1n) is 13.0. The number of halogens is 4. The third kappa shape index (κ3) is 4.99. The molecule has 0 unspecified atom stereocenters. The Labute approximate surface area is 240 Å². The summed E-state index contributed by atoms with van der Waals surface area (Å²) in [5, 5.41) is 7.95. The van der Waals surface area contributed by atoms with Crippen LogP contribution in [-0.4, -0.2) is 26.8 Å². The first-order chi connectivity index (χ1) is 19.1. The number of benzene rings is 2. The Bertz CT molecular complexity index is 1600. The molecule has 1 aliphatic rings. The van der Waals surface area contributed by atoms with Gasteiger partial charge in [-0.2, -0.15) is 5.10 Å². The SMILES string of the molecule is CCc1cccc(CC)c1-n1nc2c(c1-c1cc(F)c(NC(N)=O)cc1F)CN(c1ncc(Cl)cc1Cl)[C@@H](C)C2. The number of anilines is 2. The summed E-state index contributed by atoms with van der Waals surface area (Å²) in [5.41, 5.74) is 9.65. The van der Waals surface area contributed by atoms with E-state index in [-0.39, 0.29) is 17.3 Å². The van der Waals surface area contributed by atoms with Gasteiger partial charge in [-0.1, -0.05) is 55.2 Å². The van der Waals surface area contributed by atoms with Crippen molar-refractivity contribution in [2.75, 3.05) is 10.2 Å². The molecule has 208 valence electrons. The predicted octanol–water partition coefficient (Wildman–Crippen LogP) is 7.09. The maximum atomic E-state index is 15.8. The van der Waals surface area contributed by atoms with Crippen LogP contribution in [0.4, 0.5) is 25.1 Å². The molecule has 0 spiro atoms. The summed E-state index contributed by atoms with van der Waals surface area (Å²) < 4.78 is 32.8. The minimum absolute atomic E-state index is 0.0129. The quantitative estimate of drug-likeness (QED) is 0.253. The molecule has 4 aromatic rings. The predicted molar refractivity (Wildman–Crippen MR) is 154 cm³/mol. The normalized spacial score (nSPS) is 14.8. The molecule has 1 aliphatic heterocycles. The van der Waals surface area contributed by atoms with Gasteiger partial charge in [0, 0.05) is 42.4 Å². The number of urea groups is 1. The van der Waals surface area contributed by atoms with Gasteiger partial charge in [0.15, 0.2) is 0 Å². The molecule has 0 saturated carbocycles. The van der Waals surface area contributed by atoms with Crippen LogP contribution < -0.4 is 16.0 Å². The lowest BCUT2D eigenvalue weighted by atomic mass is 9.95. The zero-order valence-electron chi connectivity index (χ0n) is 22.2. The van der Waals surface area contributed by atoms with Crippen molar-refractivity contribution in [2.45, 2.75) is 52.6 Å². The van der Waals surface area contributed by atoms with Crippen LogP contribution in [0.1, 0.15) is 43.2 Å². The molecule has 5 rings (SSSR count). The maximum absolute atomic E-state index is 15.8. The number of carbonyl (C=O) groups excluding carboxylic acids is 1. The molecule has 40 heavy (non-hydrogen) atoms. The number of carbonyl (C=O) groups is 1. The first kappa shape index (κ1) is 27.9. The van der Waals surface area contributed by atoms with Crippen LogP contribution in [0.15, 0.2) is 42.6 Å². The van der Waals surface area contributed by atoms with Gasteiger partial charge in [-0.25, -0.2) is 23.2 Å². The highest BCUT2D eigenvalue weighted by Crippen LogP contribution is 2.40. The van der Waals surface area contributed by atoms with Gasteiger partial charge in [-0.3, -0.25) is 0 Å². The zero-order valence-corrected chi connectivity index (χ0v) is 23.7. The molecule has 3 heterocycles. The van der Waals surface area contributed by atoms with E-state index >= 15 is 8.78 Å². The second-order valence-corrected chi connectivity index (χ2v) is 10.6. The average molecular weight is 585 g/mol. The third-order valence-electron chi connectivity index (χ3n) is 7.22. The van der Waals surface area contributed by atoms with Crippen molar-refractivity contribution in [2.24, 2.45) is 5.73 Å². The van der Waals surface area contributed by atoms with Gasteiger partial charge in [0.1, 0.15) is 17.5 Å². The fourth-order valence-corrected chi connectivity index (χ4v) is 5.82. The number of aryl methyl sites for hydroxylation is 2. The molecule has 0 fully saturated rings. The van der Waals surface area contributed by atoms with E-state index in [1.54, 1.807) is 10.7 Å². The molecule has 2 aromatic heterocycles. The molecule has 3 N–H and O–H groups in total. The van der Waals surface area contributed by atoms with Gasteiger partial charge >= 0.3 is 6.03 Å². The van der Waals surface area contributed by atoms with Gasteiger partial charge in [0.05, 0.1) is 32.8 Å². The number of fused-ring (bicyclic) bond motifs is 1. The average Bonchev–Trinajstić information content (AvgIpc) is 3.26. The molecule has 2 amide bonds. The van der Waals surface area contributed by atoms with Crippen molar-refractivity contribution >= 4 is 40.7 Å². The van der Waals surface area contributed by atoms with Crippen LogP contribution in [0.3, 0.4) is 0 Å². The first-order valence-corrected chi connectivity index (χ1v) is 13.7.